The van der Waals surface area contributed by atoms with Crippen LogP contribution in [0, 0.1) is 6.92 Å². The zero-order valence-electron chi connectivity index (χ0n) is 9.35. The van der Waals surface area contributed by atoms with Crippen molar-refractivity contribution >= 4 is 0 Å². The van der Waals surface area contributed by atoms with Crippen molar-refractivity contribution in [3.8, 4) is 0 Å². The molecule has 0 amide bonds. The van der Waals surface area contributed by atoms with Crippen molar-refractivity contribution < 1.29 is 0 Å². The fourth-order valence-corrected chi connectivity index (χ4v) is 2.59. The van der Waals surface area contributed by atoms with Gasteiger partial charge in [-0.1, -0.05) is 32.0 Å². The van der Waals surface area contributed by atoms with Gasteiger partial charge in [-0.25, -0.2) is 0 Å². The lowest BCUT2D eigenvalue weighted by Crippen LogP contribution is -2.21. The smallest absolute Gasteiger partial charge is 0.0208 e. The zero-order chi connectivity index (χ0) is 10.2. The van der Waals surface area contributed by atoms with Gasteiger partial charge in [0.05, 0.1) is 0 Å². The van der Waals surface area contributed by atoms with Crippen LogP contribution < -0.4 is 5.32 Å². The fraction of sp³-hybridized carbons (Fsp3) is 0.538. The van der Waals surface area contributed by atoms with Crippen LogP contribution in [0.4, 0.5) is 0 Å². The van der Waals surface area contributed by atoms with Gasteiger partial charge in [-0.3, -0.25) is 0 Å². The molecule has 1 nitrogen and oxygen atoms in total. The summed E-state index contributed by atoms with van der Waals surface area (Å²) in [6, 6.07) is 6.64. The van der Waals surface area contributed by atoms with E-state index in [0.717, 1.165) is 13.1 Å². The molecule has 0 saturated carbocycles. The first-order valence-corrected chi connectivity index (χ1v) is 5.41. The number of aryl methyl sites for hydroxylation is 1. The Morgan fingerprint density at radius 2 is 2.07 bits per heavy atom. The second kappa shape index (κ2) is 3.39. The normalized spacial score (nSPS) is 19.9. The maximum atomic E-state index is 3.49. The Labute approximate surface area is 86.5 Å². The fourth-order valence-electron chi connectivity index (χ4n) is 2.59. The lowest BCUT2D eigenvalue weighted by Gasteiger charge is -2.27. The van der Waals surface area contributed by atoms with Gasteiger partial charge >= 0.3 is 0 Å². The summed E-state index contributed by atoms with van der Waals surface area (Å²) in [7, 11) is 0. The van der Waals surface area contributed by atoms with E-state index in [1.807, 2.05) is 0 Å². The first kappa shape index (κ1) is 9.72. The van der Waals surface area contributed by atoms with Crippen molar-refractivity contribution in [1.29, 1.82) is 0 Å². The van der Waals surface area contributed by atoms with E-state index in [1.165, 1.54) is 17.5 Å². The molecule has 0 bridgehead atoms. The molecule has 0 atom stereocenters. The highest BCUT2D eigenvalue weighted by Gasteiger charge is 2.26. The lowest BCUT2D eigenvalue weighted by atomic mass is 9.78. The third-order valence-corrected chi connectivity index (χ3v) is 3.28. The van der Waals surface area contributed by atoms with Crippen LogP contribution in [0.2, 0.25) is 0 Å². The molecule has 0 radical (unpaired) electrons. The van der Waals surface area contributed by atoms with Gasteiger partial charge in [-0.15, -0.1) is 0 Å². The predicted octanol–water partition coefficient (Wildman–Crippen LogP) is 2.77. The van der Waals surface area contributed by atoms with Crippen LogP contribution in [0.3, 0.4) is 0 Å². The Morgan fingerprint density at radius 1 is 1.29 bits per heavy atom. The minimum absolute atomic E-state index is 0.324. The summed E-state index contributed by atoms with van der Waals surface area (Å²) in [5.74, 6) is 0. The van der Waals surface area contributed by atoms with E-state index in [4.69, 9.17) is 0 Å². The molecule has 0 spiro atoms. The summed E-state index contributed by atoms with van der Waals surface area (Å²) in [5, 5.41) is 3.49. The number of fused-ring (bicyclic) bond motifs is 1. The van der Waals surface area contributed by atoms with E-state index in [2.05, 4.69) is 44.3 Å². The van der Waals surface area contributed by atoms with Crippen LogP contribution >= 0.6 is 0 Å². The van der Waals surface area contributed by atoms with E-state index in [0.29, 0.717) is 5.41 Å². The van der Waals surface area contributed by atoms with E-state index >= 15 is 0 Å². The van der Waals surface area contributed by atoms with Crippen LogP contribution in [0.15, 0.2) is 18.2 Å². The summed E-state index contributed by atoms with van der Waals surface area (Å²) in [5.41, 5.74) is 4.80. The molecular weight excluding hydrogens is 170 g/mol. The number of hydrogen-bond donors (Lipinski definition) is 1. The summed E-state index contributed by atoms with van der Waals surface area (Å²) in [6.45, 7) is 9.09. The molecule has 0 fully saturated rings. The Bertz CT molecular complexity index is 339. The van der Waals surface area contributed by atoms with Crippen LogP contribution in [-0.4, -0.2) is 6.54 Å². The molecule has 1 aromatic rings. The first-order chi connectivity index (χ1) is 6.61. The molecule has 0 aromatic heterocycles. The maximum absolute atomic E-state index is 3.49. The largest absolute Gasteiger partial charge is 0.313 e. The molecule has 0 unspecified atom stereocenters. The topological polar surface area (TPSA) is 12.0 Å². The first-order valence-electron chi connectivity index (χ1n) is 5.41. The standard InChI is InChI=1S/C13H19N/c1-10-5-4-6-11-9-14-8-7-13(2,3)12(10)11/h4-6,14H,7-9H2,1-3H3. The predicted molar refractivity (Wildman–Crippen MR) is 60.5 cm³/mol. The highest BCUT2D eigenvalue weighted by atomic mass is 14.9. The van der Waals surface area contributed by atoms with Gasteiger partial charge in [0, 0.05) is 6.54 Å². The summed E-state index contributed by atoms with van der Waals surface area (Å²) >= 11 is 0. The van der Waals surface area contributed by atoms with Crippen molar-refractivity contribution in [2.24, 2.45) is 0 Å². The Morgan fingerprint density at radius 3 is 2.86 bits per heavy atom. The number of rotatable bonds is 0. The maximum Gasteiger partial charge on any atom is 0.0208 e. The Hall–Kier alpha value is -0.820. The second-order valence-corrected chi connectivity index (χ2v) is 4.92. The molecule has 2 rings (SSSR count). The summed E-state index contributed by atoms with van der Waals surface area (Å²) in [6.07, 6.45) is 1.23. The van der Waals surface area contributed by atoms with Gasteiger partial charge in [-0.2, -0.15) is 0 Å². The average molecular weight is 189 g/mol. The van der Waals surface area contributed by atoms with Crippen molar-refractivity contribution in [3.05, 3.63) is 34.9 Å². The van der Waals surface area contributed by atoms with Gasteiger partial charge in [0.15, 0.2) is 0 Å². The van der Waals surface area contributed by atoms with Crippen molar-refractivity contribution in [2.45, 2.75) is 39.2 Å². The van der Waals surface area contributed by atoms with E-state index in [1.54, 1.807) is 5.56 Å². The van der Waals surface area contributed by atoms with E-state index < -0.39 is 0 Å². The zero-order valence-corrected chi connectivity index (χ0v) is 9.35. The minimum Gasteiger partial charge on any atom is -0.313 e. The SMILES string of the molecule is Cc1cccc2c1C(C)(C)CCNC2. The number of hydrogen-bond acceptors (Lipinski definition) is 1. The molecule has 76 valence electrons. The van der Waals surface area contributed by atoms with Gasteiger partial charge in [-0.05, 0) is 42.0 Å². The third-order valence-electron chi connectivity index (χ3n) is 3.28. The Kier molecular flexibility index (Phi) is 2.36. The second-order valence-electron chi connectivity index (χ2n) is 4.92. The minimum atomic E-state index is 0.324. The molecule has 14 heavy (non-hydrogen) atoms. The van der Waals surface area contributed by atoms with Crippen molar-refractivity contribution in [3.63, 3.8) is 0 Å². The molecule has 1 heteroatoms. The van der Waals surface area contributed by atoms with Crippen LogP contribution in [0.25, 0.3) is 0 Å². The van der Waals surface area contributed by atoms with Gasteiger partial charge < -0.3 is 5.32 Å². The van der Waals surface area contributed by atoms with Gasteiger partial charge in [0.1, 0.15) is 0 Å². The average Bonchev–Trinajstić information content (AvgIpc) is 2.25. The molecular formula is C13H19N. The van der Waals surface area contributed by atoms with E-state index in [-0.39, 0.29) is 0 Å². The quantitative estimate of drug-likeness (QED) is 0.661. The highest BCUT2D eigenvalue weighted by Crippen LogP contribution is 2.33. The van der Waals surface area contributed by atoms with Crippen LogP contribution in [0.1, 0.15) is 37.0 Å². The molecule has 1 heterocycles. The molecule has 1 aliphatic heterocycles. The van der Waals surface area contributed by atoms with Crippen LogP contribution in [-0.2, 0) is 12.0 Å². The number of nitrogens with one attached hydrogen (secondary N) is 1. The molecule has 1 aromatic carbocycles. The number of benzene rings is 1. The summed E-state index contributed by atoms with van der Waals surface area (Å²) in [4.78, 5) is 0. The third kappa shape index (κ3) is 1.57. The van der Waals surface area contributed by atoms with Crippen molar-refractivity contribution in [1.82, 2.24) is 5.32 Å². The molecule has 0 saturated heterocycles. The summed E-state index contributed by atoms with van der Waals surface area (Å²) < 4.78 is 0. The molecule has 1 aliphatic rings. The molecule has 1 N–H and O–H groups in total. The molecule has 0 aliphatic carbocycles. The van der Waals surface area contributed by atoms with Crippen molar-refractivity contribution in [2.75, 3.05) is 6.54 Å². The lowest BCUT2D eigenvalue weighted by molar-refractivity contribution is 0.475. The van der Waals surface area contributed by atoms with E-state index in [9.17, 15) is 0 Å². The Balaban J connectivity index is 2.58. The van der Waals surface area contributed by atoms with Crippen LogP contribution in [0.5, 0.6) is 0 Å². The van der Waals surface area contributed by atoms with Gasteiger partial charge in [0.2, 0.25) is 0 Å². The monoisotopic (exact) mass is 189 g/mol. The van der Waals surface area contributed by atoms with Gasteiger partial charge in [0.25, 0.3) is 0 Å². The highest BCUT2D eigenvalue weighted by molar-refractivity contribution is 5.40.